The van der Waals surface area contributed by atoms with Gasteiger partial charge in [-0.15, -0.1) is 0 Å². The molecule has 0 N–H and O–H groups in total. The molecule has 0 bridgehead atoms. The molecule has 0 unspecified atom stereocenters. The number of Topliss-reactive ketones (excluding diaryl/α,β-unsaturated/α-hetero) is 1. The first-order valence-corrected chi connectivity index (χ1v) is 8.73. The largest absolute Gasteiger partial charge is 0.466 e. The van der Waals surface area contributed by atoms with Gasteiger partial charge in [0.05, 0.1) is 6.61 Å². The van der Waals surface area contributed by atoms with Gasteiger partial charge in [-0.3, -0.25) is 9.59 Å². The maximum absolute atomic E-state index is 11.5. The number of ketones is 1. The van der Waals surface area contributed by atoms with Gasteiger partial charge < -0.3 is 4.74 Å². The van der Waals surface area contributed by atoms with Crippen LogP contribution in [0.15, 0.2) is 0 Å². The van der Waals surface area contributed by atoms with E-state index in [1.807, 2.05) is 0 Å². The Morgan fingerprint density at radius 1 is 0.857 bits per heavy atom. The molecule has 0 aliphatic rings. The molecule has 3 heteroatoms. The van der Waals surface area contributed by atoms with E-state index in [-0.39, 0.29) is 18.2 Å². The van der Waals surface area contributed by atoms with Crippen molar-refractivity contribution in [3.63, 3.8) is 0 Å². The van der Waals surface area contributed by atoms with Crippen LogP contribution in [0.3, 0.4) is 0 Å². The Balaban J connectivity index is 3.25. The molecule has 0 saturated carbocycles. The molecule has 124 valence electrons. The Kier molecular flexibility index (Phi) is 13.5. The fourth-order valence-corrected chi connectivity index (χ4v) is 2.40. The van der Waals surface area contributed by atoms with Crippen molar-refractivity contribution < 1.29 is 14.3 Å². The number of hydrogen-bond acceptors (Lipinski definition) is 3. The molecule has 0 saturated heterocycles. The van der Waals surface area contributed by atoms with Crippen LogP contribution in [0, 0.1) is 5.92 Å². The Labute approximate surface area is 130 Å². The van der Waals surface area contributed by atoms with Crippen molar-refractivity contribution in [3.05, 3.63) is 0 Å². The summed E-state index contributed by atoms with van der Waals surface area (Å²) in [4.78, 5) is 22.6. The topological polar surface area (TPSA) is 43.4 Å². The lowest BCUT2D eigenvalue weighted by Gasteiger charge is -2.04. The zero-order valence-electron chi connectivity index (χ0n) is 14.3. The predicted octanol–water partition coefficient (Wildman–Crippen LogP) is 5.07. The minimum atomic E-state index is -0.385. The third kappa shape index (κ3) is 15.3. The number of ether oxygens (including phenoxy) is 1. The molecule has 3 nitrogen and oxygen atoms in total. The molecule has 0 amide bonds. The van der Waals surface area contributed by atoms with Crippen LogP contribution in [-0.4, -0.2) is 18.4 Å². The van der Waals surface area contributed by atoms with Gasteiger partial charge in [0.1, 0.15) is 12.2 Å². The van der Waals surface area contributed by atoms with E-state index in [1.165, 1.54) is 44.9 Å². The SMILES string of the molecule is CCOC(=O)CC(=O)CCCCCCCCCCC(C)C. The zero-order chi connectivity index (χ0) is 15.9. The Hall–Kier alpha value is -0.860. The highest BCUT2D eigenvalue weighted by Crippen LogP contribution is 2.13. The van der Waals surface area contributed by atoms with E-state index < -0.39 is 0 Å². The quantitative estimate of drug-likeness (QED) is 0.255. The van der Waals surface area contributed by atoms with Gasteiger partial charge in [0.15, 0.2) is 0 Å². The van der Waals surface area contributed by atoms with E-state index >= 15 is 0 Å². The summed E-state index contributed by atoms with van der Waals surface area (Å²) < 4.78 is 4.76. The minimum Gasteiger partial charge on any atom is -0.466 e. The second-order valence-corrected chi connectivity index (χ2v) is 6.28. The average molecular weight is 298 g/mol. The number of esters is 1. The summed E-state index contributed by atoms with van der Waals surface area (Å²) in [5.41, 5.74) is 0. The number of carbonyl (C=O) groups excluding carboxylic acids is 2. The van der Waals surface area contributed by atoms with E-state index in [2.05, 4.69) is 13.8 Å². The highest BCUT2D eigenvalue weighted by molar-refractivity contribution is 5.95. The summed E-state index contributed by atoms with van der Waals surface area (Å²) in [6, 6.07) is 0. The molecule has 0 heterocycles. The van der Waals surface area contributed by atoms with Gasteiger partial charge in [-0.05, 0) is 19.3 Å². The molecule has 0 aromatic carbocycles. The maximum atomic E-state index is 11.5. The van der Waals surface area contributed by atoms with Crippen molar-refractivity contribution in [3.8, 4) is 0 Å². The van der Waals surface area contributed by atoms with Crippen LogP contribution in [0.1, 0.15) is 91.4 Å². The van der Waals surface area contributed by atoms with Gasteiger partial charge in [-0.25, -0.2) is 0 Å². The molecule has 0 fully saturated rings. The number of carbonyl (C=O) groups is 2. The summed E-state index contributed by atoms with van der Waals surface area (Å²) in [5.74, 6) is 0.461. The highest BCUT2D eigenvalue weighted by atomic mass is 16.5. The molecule has 21 heavy (non-hydrogen) atoms. The number of rotatable bonds is 14. The molecule has 0 aliphatic carbocycles. The van der Waals surface area contributed by atoms with Crippen molar-refractivity contribution in [1.82, 2.24) is 0 Å². The van der Waals surface area contributed by atoms with Gasteiger partial charge >= 0.3 is 5.97 Å². The van der Waals surface area contributed by atoms with Gasteiger partial charge in [-0.1, -0.05) is 65.2 Å². The monoisotopic (exact) mass is 298 g/mol. The van der Waals surface area contributed by atoms with Gasteiger partial charge in [-0.2, -0.15) is 0 Å². The molecule has 0 aromatic rings. The van der Waals surface area contributed by atoms with E-state index in [4.69, 9.17) is 4.74 Å². The molecular formula is C18H34O3. The lowest BCUT2D eigenvalue weighted by atomic mass is 10.0. The van der Waals surface area contributed by atoms with Crippen LogP contribution >= 0.6 is 0 Å². The first-order chi connectivity index (χ1) is 10.1. The standard InChI is InChI=1S/C18H34O3/c1-4-21-18(20)15-17(19)14-12-10-8-6-5-7-9-11-13-16(2)3/h16H,4-15H2,1-3H3. The van der Waals surface area contributed by atoms with Crippen molar-refractivity contribution in [2.45, 2.75) is 91.4 Å². The summed E-state index contributed by atoms with van der Waals surface area (Å²) in [7, 11) is 0. The zero-order valence-corrected chi connectivity index (χ0v) is 14.3. The van der Waals surface area contributed by atoms with Crippen molar-refractivity contribution >= 4 is 11.8 Å². The van der Waals surface area contributed by atoms with Crippen molar-refractivity contribution in [1.29, 1.82) is 0 Å². The summed E-state index contributed by atoms with van der Waals surface area (Å²) in [6.45, 7) is 6.67. The van der Waals surface area contributed by atoms with Crippen molar-refractivity contribution in [2.75, 3.05) is 6.61 Å². The molecule has 0 aliphatic heterocycles. The third-order valence-corrected chi connectivity index (χ3v) is 3.63. The van der Waals surface area contributed by atoms with Gasteiger partial charge in [0.2, 0.25) is 0 Å². The lowest BCUT2D eigenvalue weighted by molar-refractivity contribution is -0.145. The predicted molar refractivity (Wildman–Crippen MR) is 87.3 cm³/mol. The maximum Gasteiger partial charge on any atom is 0.313 e. The van der Waals surface area contributed by atoms with E-state index in [0.717, 1.165) is 18.8 Å². The Bertz CT molecular complexity index is 272. The normalized spacial score (nSPS) is 10.9. The van der Waals surface area contributed by atoms with Crippen LogP contribution in [0.4, 0.5) is 0 Å². The first-order valence-electron chi connectivity index (χ1n) is 8.73. The molecule has 0 rings (SSSR count). The van der Waals surface area contributed by atoms with Crippen LogP contribution < -0.4 is 0 Å². The molecule has 0 spiro atoms. The first kappa shape index (κ1) is 20.1. The van der Waals surface area contributed by atoms with Gasteiger partial charge in [0.25, 0.3) is 0 Å². The minimum absolute atomic E-state index is 0.0159. The Morgan fingerprint density at radius 3 is 1.90 bits per heavy atom. The number of unbranched alkanes of at least 4 members (excludes halogenated alkanes) is 7. The highest BCUT2D eigenvalue weighted by Gasteiger charge is 2.09. The van der Waals surface area contributed by atoms with Crippen molar-refractivity contribution in [2.24, 2.45) is 5.92 Å². The van der Waals surface area contributed by atoms with Crippen LogP contribution in [0.25, 0.3) is 0 Å². The summed E-state index contributed by atoms with van der Waals surface area (Å²) in [5, 5.41) is 0. The van der Waals surface area contributed by atoms with Crippen LogP contribution in [0.5, 0.6) is 0 Å². The lowest BCUT2D eigenvalue weighted by Crippen LogP contribution is -2.10. The van der Waals surface area contributed by atoms with E-state index in [0.29, 0.717) is 13.0 Å². The molecule has 0 aromatic heterocycles. The van der Waals surface area contributed by atoms with E-state index in [9.17, 15) is 9.59 Å². The second kappa shape index (κ2) is 14.1. The van der Waals surface area contributed by atoms with E-state index in [1.54, 1.807) is 6.92 Å². The third-order valence-electron chi connectivity index (χ3n) is 3.63. The molecule has 0 atom stereocenters. The molecular weight excluding hydrogens is 264 g/mol. The Morgan fingerprint density at radius 2 is 1.38 bits per heavy atom. The van der Waals surface area contributed by atoms with Crippen LogP contribution in [0.2, 0.25) is 0 Å². The smallest absolute Gasteiger partial charge is 0.313 e. The average Bonchev–Trinajstić information content (AvgIpc) is 2.40. The number of hydrogen-bond donors (Lipinski definition) is 0. The van der Waals surface area contributed by atoms with Gasteiger partial charge in [0, 0.05) is 6.42 Å². The van der Waals surface area contributed by atoms with Crippen LogP contribution in [-0.2, 0) is 14.3 Å². The fraction of sp³-hybridized carbons (Fsp3) is 0.889. The summed E-state index contributed by atoms with van der Waals surface area (Å²) in [6.07, 6.45) is 11.7. The molecule has 0 radical (unpaired) electrons. The fourth-order valence-electron chi connectivity index (χ4n) is 2.40. The second-order valence-electron chi connectivity index (χ2n) is 6.28. The summed E-state index contributed by atoms with van der Waals surface area (Å²) >= 11 is 0.